The maximum absolute atomic E-state index is 9.03. The van der Waals surface area contributed by atoms with Crippen LogP contribution in [-0.4, -0.2) is 15.1 Å². The van der Waals surface area contributed by atoms with Gasteiger partial charge in [-0.1, -0.05) is 35.9 Å². The molecule has 0 aliphatic rings. The molecule has 17 heavy (non-hydrogen) atoms. The van der Waals surface area contributed by atoms with Crippen molar-refractivity contribution in [2.45, 2.75) is 13.2 Å². The van der Waals surface area contributed by atoms with Gasteiger partial charge in [0.05, 0.1) is 6.61 Å². The topological polar surface area (TPSA) is 58.0 Å². The summed E-state index contributed by atoms with van der Waals surface area (Å²) in [5.74, 6) is 0.559. The monoisotopic (exact) mass is 249 g/mol. The predicted molar refractivity (Wildman–Crippen MR) is 66.7 cm³/mol. The first-order chi connectivity index (χ1) is 8.29. The summed E-state index contributed by atoms with van der Waals surface area (Å²) in [6.45, 7) is 0.631. The highest BCUT2D eigenvalue weighted by Gasteiger charge is 2.01. The molecule has 0 bridgehead atoms. The zero-order chi connectivity index (χ0) is 12.1. The molecule has 0 aliphatic heterocycles. The third-order valence-corrected chi connectivity index (χ3v) is 2.56. The molecule has 0 unspecified atom stereocenters. The van der Waals surface area contributed by atoms with Crippen LogP contribution in [0.25, 0.3) is 0 Å². The van der Waals surface area contributed by atoms with Crippen LogP contribution in [0.3, 0.4) is 0 Å². The second-order valence-corrected chi connectivity index (χ2v) is 3.89. The minimum atomic E-state index is 0.0414. The van der Waals surface area contributed by atoms with Gasteiger partial charge in [-0.25, -0.2) is 9.97 Å². The van der Waals surface area contributed by atoms with E-state index in [4.69, 9.17) is 16.7 Å². The molecule has 88 valence electrons. The van der Waals surface area contributed by atoms with Gasteiger partial charge in [-0.3, -0.25) is 0 Å². The van der Waals surface area contributed by atoms with Gasteiger partial charge in [-0.05, 0) is 11.1 Å². The summed E-state index contributed by atoms with van der Waals surface area (Å²) in [5.41, 5.74) is 1.94. The Labute approximate surface area is 104 Å². The standard InChI is InChI=1S/C12H12ClN3O/c13-11-12(15-5-4-14-11)16-7-9-2-1-3-10(6-9)8-17/h1-6,17H,7-8H2,(H,15,16). The van der Waals surface area contributed by atoms with E-state index in [2.05, 4.69) is 15.3 Å². The van der Waals surface area contributed by atoms with E-state index in [0.29, 0.717) is 17.5 Å². The van der Waals surface area contributed by atoms with Crippen LogP contribution >= 0.6 is 11.6 Å². The van der Waals surface area contributed by atoms with E-state index in [1.165, 1.54) is 0 Å². The summed E-state index contributed by atoms with van der Waals surface area (Å²) in [7, 11) is 0. The number of aliphatic hydroxyl groups excluding tert-OH is 1. The second-order valence-electron chi connectivity index (χ2n) is 3.53. The summed E-state index contributed by atoms with van der Waals surface area (Å²) in [6, 6.07) is 7.67. The van der Waals surface area contributed by atoms with Crippen molar-refractivity contribution in [1.82, 2.24) is 9.97 Å². The number of hydrogen-bond donors (Lipinski definition) is 2. The molecular weight excluding hydrogens is 238 g/mol. The summed E-state index contributed by atoms with van der Waals surface area (Å²) in [5, 5.41) is 12.5. The highest BCUT2D eigenvalue weighted by Crippen LogP contribution is 2.15. The van der Waals surface area contributed by atoms with Crippen molar-refractivity contribution < 1.29 is 5.11 Å². The Kier molecular flexibility index (Phi) is 3.90. The van der Waals surface area contributed by atoms with Crippen LogP contribution in [0.4, 0.5) is 5.82 Å². The Morgan fingerprint density at radius 2 is 1.94 bits per heavy atom. The minimum Gasteiger partial charge on any atom is -0.392 e. The number of nitrogens with zero attached hydrogens (tertiary/aromatic N) is 2. The molecule has 0 amide bonds. The summed E-state index contributed by atoms with van der Waals surface area (Å²) in [6.07, 6.45) is 3.12. The molecule has 1 aromatic carbocycles. The first kappa shape index (κ1) is 11.8. The lowest BCUT2D eigenvalue weighted by Crippen LogP contribution is -2.03. The van der Waals surface area contributed by atoms with Crippen LogP contribution in [-0.2, 0) is 13.2 Å². The van der Waals surface area contributed by atoms with Gasteiger partial charge in [0.25, 0.3) is 0 Å². The first-order valence-electron chi connectivity index (χ1n) is 5.18. The normalized spacial score (nSPS) is 10.2. The van der Waals surface area contributed by atoms with E-state index >= 15 is 0 Å². The van der Waals surface area contributed by atoms with Gasteiger partial charge >= 0.3 is 0 Å². The van der Waals surface area contributed by atoms with E-state index in [-0.39, 0.29) is 6.61 Å². The van der Waals surface area contributed by atoms with E-state index < -0.39 is 0 Å². The third-order valence-electron chi connectivity index (χ3n) is 2.29. The average Bonchev–Trinajstić information content (AvgIpc) is 2.38. The molecule has 2 N–H and O–H groups in total. The maximum atomic E-state index is 9.03. The molecule has 0 radical (unpaired) electrons. The number of anilines is 1. The third kappa shape index (κ3) is 3.15. The van der Waals surface area contributed by atoms with Crippen LogP contribution in [0.2, 0.25) is 5.15 Å². The number of benzene rings is 1. The zero-order valence-electron chi connectivity index (χ0n) is 9.10. The molecule has 1 aromatic heterocycles. The fourth-order valence-corrected chi connectivity index (χ4v) is 1.64. The van der Waals surface area contributed by atoms with E-state index in [1.54, 1.807) is 12.4 Å². The van der Waals surface area contributed by atoms with Crippen molar-refractivity contribution in [3.8, 4) is 0 Å². The quantitative estimate of drug-likeness (QED) is 0.873. The minimum absolute atomic E-state index is 0.0414. The Bertz CT molecular complexity index is 505. The number of aromatic nitrogens is 2. The fraction of sp³-hybridized carbons (Fsp3) is 0.167. The van der Waals surface area contributed by atoms with Crippen molar-refractivity contribution in [3.63, 3.8) is 0 Å². The molecule has 4 nitrogen and oxygen atoms in total. The maximum Gasteiger partial charge on any atom is 0.171 e. The highest BCUT2D eigenvalue weighted by molar-refractivity contribution is 6.31. The molecule has 2 rings (SSSR count). The van der Waals surface area contributed by atoms with Crippen molar-refractivity contribution in [2.75, 3.05) is 5.32 Å². The number of aliphatic hydroxyl groups is 1. The molecule has 1 heterocycles. The number of hydrogen-bond acceptors (Lipinski definition) is 4. The lowest BCUT2D eigenvalue weighted by molar-refractivity contribution is 0.281. The Morgan fingerprint density at radius 3 is 2.71 bits per heavy atom. The molecule has 0 aliphatic carbocycles. The number of nitrogens with one attached hydrogen (secondary N) is 1. The number of rotatable bonds is 4. The van der Waals surface area contributed by atoms with Crippen LogP contribution < -0.4 is 5.32 Å². The summed E-state index contributed by atoms with van der Waals surface area (Å²) < 4.78 is 0. The van der Waals surface area contributed by atoms with Gasteiger partial charge < -0.3 is 10.4 Å². The smallest absolute Gasteiger partial charge is 0.171 e. The van der Waals surface area contributed by atoms with E-state index in [0.717, 1.165) is 11.1 Å². The van der Waals surface area contributed by atoms with E-state index in [9.17, 15) is 0 Å². The van der Waals surface area contributed by atoms with Crippen LogP contribution in [0, 0.1) is 0 Å². The highest BCUT2D eigenvalue weighted by atomic mass is 35.5. The van der Waals surface area contributed by atoms with Crippen molar-refractivity contribution in [2.24, 2.45) is 0 Å². The molecule has 0 spiro atoms. The average molecular weight is 250 g/mol. The molecule has 5 heteroatoms. The van der Waals surface area contributed by atoms with Crippen molar-refractivity contribution in [3.05, 3.63) is 52.9 Å². The lowest BCUT2D eigenvalue weighted by Gasteiger charge is -2.07. The van der Waals surface area contributed by atoms with Crippen molar-refractivity contribution >= 4 is 17.4 Å². The van der Waals surface area contributed by atoms with E-state index in [1.807, 2.05) is 24.3 Å². The van der Waals surface area contributed by atoms with Crippen LogP contribution in [0.1, 0.15) is 11.1 Å². The van der Waals surface area contributed by atoms with Crippen molar-refractivity contribution in [1.29, 1.82) is 0 Å². The Hall–Kier alpha value is -1.65. The van der Waals surface area contributed by atoms with Gasteiger partial charge in [-0.2, -0.15) is 0 Å². The van der Waals surface area contributed by atoms with Crippen LogP contribution in [0.15, 0.2) is 36.7 Å². The fourth-order valence-electron chi connectivity index (χ4n) is 1.46. The lowest BCUT2D eigenvalue weighted by atomic mass is 10.1. The zero-order valence-corrected chi connectivity index (χ0v) is 9.85. The van der Waals surface area contributed by atoms with Gasteiger partial charge in [0.15, 0.2) is 11.0 Å². The molecular formula is C12H12ClN3O. The summed E-state index contributed by atoms with van der Waals surface area (Å²) >= 11 is 5.87. The largest absolute Gasteiger partial charge is 0.392 e. The molecule has 0 saturated heterocycles. The molecule has 0 saturated carbocycles. The van der Waals surface area contributed by atoms with Gasteiger partial charge in [-0.15, -0.1) is 0 Å². The molecule has 0 atom stereocenters. The van der Waals surface area contributed by atoms with Gasteiger partial charge in [0.1, 0.15) is 0 Å². The second kappa shape index (κ2) is 5.61. The predicted octanol–water partition coefficient (Wildman–Crippen LogP) is 2.23. The Morgan fingerprint density at radius 1 is 1.18 bits per heavy atom. The number of halogens is 1. The summed E-state index contributed by atoms with van der Waals surface area (Å²) in [4.78, 5) is 8.01. The molecule has 2 aromatic rings. The SMILES string of the molecule is OCc1cccc(CNc2nccnc2Cl)c1. The van der Waals surface area contributed by atoms with Crippen LogP contribution in [0.5, 0.6) is 0 Å². The Balaban J connectivity index is 2.05. The first-order valence-corrected chi connectivity index (χ1v) is 5.56. The van der Waals surface area contributed by atoms with Gasteiger partial charge in [0.2, 0.25) is 0 Å². The van der Waals surface area contributed by atoms with Gasteiger partial charge in [0, 0.05) is 18.9 Å². The molecule has 0 fully saturated rings.